The summed E-state index contributed by atoms with van der Waals surface area (Å²) in [4.78, 5) is 34.7. The summed E-state index contributed by atoms with van der Waals surface area (Å²) in [5.74, 6) is -1.83. The van der Waals surface area contributed by atoms with Gasteiger partial charge in [-0.2, -0.15) is 0 Å². The number of carbonyl (C=O) groups excluding carboxylic acids is 2. The molecule has 0 rings (SSSR count). The van der Waals surface area contributed by atoms with Crippen molar-refractivity contribution in [2.24, 2.45) is 0 Å². The Morgan fingerprint density at radius 1 is 1.04 bits per heavy atom. The van der Waals surface area contributed by atoms with E-state index >= 15 is 0 Å². The molecule has 0 aromatic rings. The van der Waals surface area contributed by atoms with Crippen molar-refractivity contribution in [3.63, 3.8) is 0 Å². The summed E-state index contributed by atoms with van der Waals surface area (Å²) in [7, 11) is 0. The first-order valence-corrected chi connectivity index (χ1v) is 8.39. The number of rotatable bonds is 11. The molecule has 0 aliphatic carbocycles. The number of ether oxygens (including phenoxy) is 1. The molecule has 6 nitrogen and oxygen atoms in total. The van der Waals surface area contributed by atoms with Crippen molar-refractivity contribution in [1.29, 1.82) is 0 Å². The molecule has 1 atom stereocenters. The van der Waals surface area contributed by atoms with Gasteiger partial charge < -0.3 is 15.2 Å². The Bertz CT molecular complexity index is 387. The second-order valence-electron chi connectivity index (χ2n) is 6.75. The Morgan fingerprint density at radius 2 is 1.65 bits per heavy atom. The fraction of sp³-hybridized carbons (Fsp3) is 0.824. The predicted molar refractivity (Wildman–Crippen MR) is 88.0 cm³/mol. The van der Waals surface area contributed by atoms with Gasteiger partial charge in [-0.1, -0.05) is 32.6 Å². The van der Waals surface area contributed by atoms with Crippen molar-refractivity contribution in [2.45, 2.75) is 90.7 Å². The predicted octanol–water partition coefficient (Wildman–Crippen LogP) is 3.04. The maximum atomic E-state index is 12.1. The van der Waals surface area contributed by atoms with Crippen molar-refractivity contribution in [2.75, 3.05) is 0 Å². The number of carboxylic acids is 1. The highest BCUT2D eigenvalue weighted by Gasteiger charge is 2.26. The highest BCUT2D eigenvalue weighted by Crippen LogP contribution is 2.11. The molecule has 0 spiro atoms. The van der Waals surface area contributed by atoms with E-state index in [0.29, 0.717) is 6.42 Å². The number of amides is 1. The number of carboxylic acid groups (broad SMARTS) is 1. The molecule has 0 fully saturated rings. The molecular formula is C17H31NO5. The van der Waals surface area contributed by atoms with Gasteiger partial charge in [-0.15, -0.1) is 0 Å². The highest BCUT2D eigenvalue weighted by molar-refractivity contribution is 5.85. The molecule has 0 aromatic heterocycles. The molecule has 2 N–H and O–H groups in total. The van der Waals surface area contributed by atoms with Crippen LogP contribution in [0.4, 0.5) is 0 Å². The zero-order valence-electron chi connectivity index (χ0n) is 14.8. The van der Waals surface area contributed by atoms with Crippen molar-refractivity contribution >= 4 is 17.8 Å². The third-order valence-corrected chi connectivity index (χ3v) is 3.18. The molecular weight excluding hydrogens is 298 g/mol. The first kappa shape index (κ1) is 21.4. The van der Waals surface area contributed by atoms with Crippen molar-refractivity contribution in [3.8, 4) is 0 Å². The zero-order chi connectivity index (χ0) is 17.9. The lowest BCUT2D eigenvalue weighted by molar-refractivity contribution is -0.159. The Kier molecular flexibility index (Phi) is 10.3. The number of unbranched alkanes of at least 4 members (excludes halogenated alkanes) is 4. The van der Waals surface area contributed by atoms with Gasteiger partial charge in [-0.25, -0.2) is 4.79 Å². The third kappa shape index (κ3) is 12.6. The summed E-state index contributed by atoms with van der Waals surface area (Å²) in [5.41, 5.74) is -0.677. The molecule has 23 heavy (non-hydrogen) atoms. The van der Waals surface area contributed by atoms with Crippen LogP contribution in [0.5, 0.6) is 0 Å². The molecule has 0 saturated carbocycles. The number of hydrogen-bond acceptors (Lipinski definition) is 4. The first-order valence-electron chi connectivity index (χ1n) is 8.39. The van der Waals surface area contributed by atoms with Crippen LogP contribution in [-0.4, -0.2) is 34.6 Å². The Balaban J connectivity index is 4.41. The Hall–Kier alpha value is -1.59. The fourth-order valence-electron chi connectivity index (χ4n) is 2.05. The van der Waals surface area contributed by atoms with Crippen molar-refractivity contribution in [1.82, 2.24) is 5.32 Å². The van der Waals surface area contributed by atoms with Gasteiger partial charge in [-0.05, 0) is 33.6 Å². The second kappa shape index (κ2) is 11.0. The van der Waals surface area contributed by atoms with Gasteiger partial charge in [0.25, 0.3) is 0 Å². The van der Waals surface area contributed by atoms with E-state index in [0.717, 1.165) is 32.1 Å². The molecule has 0 saturated heterocycles. The van der Waals surface area contributed by atoms with E-state index < -0.39 is 23.6 Å². The number of esters is 1. The van der Waals surface area contributed by atoms with E-state index in [4.69, 9.17) is 9.84 Å². The van der Waals surface area contributed by atoms with Crippen molar-refractivity contribution in [3.05, 3.63) is 0 Å². The SMILES string of the molecule is CCCCCCCC(=O)N[C@@H](CCC(=O)O)C(=O)OC(C)(C)C. The molecule has 0 aromatic carbocycles. The van der Waals surface area contributed by atoms with Crippen LogP contribution in [0.25, 0.3) is 0 Å². The van der Waals surface area contributed by atoms with E-state index in [9.17, 15) is 14.4 Å². The van der Waals surface area contributed by atoms with Crippen LogP contribution in [0.15, 0.2) is 0 Å². The van der Waals surface area contributed by atoms with Gasteiger partial charge in [-0.3, -0.25) is 9.59 Å². The molecule has 0 unspecified atom stereocenters. The Labute approximate surface area is 139 Å². The van der Waals surface area contributed by atoms with Gasteiger partial charge in [0, 0.05) is 12.8 Å². The van der Waals surface area contributed by atoms with Gasteiger partial charge in [0.1, 0.15) is 11.6 Å². The minimum absolute atomic E-state index is 0.0336. The summed E-state index contributed by atoms with van der Waals surface area (Å²) in [6, 6.07) is -0.909. The third-order valence-electron chi connectivity index (χ3n) is 3.18. The van der Waals surface area contributed by atoms with Crippen LogP contribution in [0.2, 0.25) is 0 Å². The molecule has 6 heteroatoms. The fourth-order valence-corrected chi connectivity index (χ4v) is 2.05. The average molecular weight is 329 g/mol. The van der Waals surface area contributed by atoms with Crippen LogP contribution in [-0.2, 0) is 19.1 Å². The largest absolute Gasteiger partial charge is 0.481 e. The van der Waals surface area contributed by atoms with Crippen LogP contribution in [0, 0.1) is 0 Å². The van der Waals surface area contributed by atoms with E-state index in [1.165, 1.54) is 0 Å². The second-order valence-corrected chi connectivity index (χ2v) is 6.75. The monoisotopic (exact) mass is 329 g/mol. The average Bonchev–Trinajstić information content (AvgIpc) is 2.41. The smallest absolute Gasteiger partial charge is 0.329 e. The first-order chi connectivity index (χ1) is 10.7. The molecule has 0 aliphatic heterocycles. The maximum absolute atomic E-state index is 12.1. The molecule has 0 radical (unpaired) electrons. The molecule has 0 aliphatic rings. The number of nitrogens with one attached hydrogen (secondary N) is 1. The highest BCUT2D eigenvalue weighted by atomic mass is 16.6. The van der Waals surface area contributed by atoms with Gasteiger partial charge in [0.05, 0.1) is 0 Å². The van der Waals surface area contributed by atoms with Gasteiger partial charge >= 0.3 is 11.9 Å². The van der Waals surface area contributed by atoms with E-state index in [2.05, 4.69) is 12.2 Å². The van der Waals surface area contributed by atoms with Crippen LogP contribution in [0.1, 0.15) is 79.1 Å². The van der Waals surface area contributed by atoms with Crippen LogP contribution in [0.3, 0.4) is 0 Å². The zero-order valence-corrected chi connectivity index (χ0v) is 14.8. The van der Waals surface area contributed by atoms with Crippen LogP contribution >= 0.6 is 0 Å². The van der Waals surface area contributed by atoms with E-state index in [1.54, 1.807) is 20.8 Å². The lowest BCUT2D eigenvalue weighted by Gasteiger charge is -2.24. The Morgan fingerprint density at radius 3 is 2.17 bits per heavy atom. The van der Waals surface area contributed by atoms with Crippen molar-refractivity contribution < 1.29 is 24.2 Å². The number of hydrogen-bond donors (Lipinski definition) is 2. The number of carbonyl (C=O) groups is 3. The lowest BCUT2D eigenvalue weighted by Crippen LogP contribution is -2.44. The normalized spacial score (nSPS) is 12.5. The van der Waals surface area contributed by atoms with Gasteiger partial charge in [0.2, 0.25) is 5.91 Å². The quantitative estimate of drug-likeness (QED) is 0.449. The molecule has 1 amide bonds. The summed E-state index contributed by atoms with van der Waals surface area (Å²) >= 11 is 0. The lowest BCUT2D eigenvalue weighted by atomic mass is 10.1. The van der Waals surface area contributed by atoms with Gasteiger partial charge in [0.15, 0.2) is 0 Å². The summed E-state index contributed by atoms with van der Waals surface area (Å²) in [6.45, 7) is 7.32. The van der Waals surface area contributed by atoms with E-state index in [-0.39, 0.29) is 18.7 Å². The summed E-state index contributed by atoms with van der Waals surface area (Å²) in [5, 5.41) is 11.4. The number of aliphatic carboxylic acids is 1. The molecule has 134 valence electrons. The molecule has 0 bridgehead atoms. The van der Waals surface area contributed by atoms with E-state index in [1.807, 2.05) is 0 Å². The topological polar surface area (TPSA) is 92.7 Å². The minimum atomic E-state index is -1.01. The molecule has 0 heterocycles. The van der Waals surface area contributed by atoms with Crippen LogP contribution < -0.4 is 5.32 Å². The maximum Gasteiger partial charge on any atom is 0.329 e. The standard InChI is InChI=1S/C17H31NO5/c1-5-6-7-8-9-10-14(19)18-13(11-12-15(20)21)16(22)23-17(2,3)4/h13H,5-12H2,1-4H3,(H,18,19)(H,20,21)/t13-/m0/s1. The summed E-state index contributed by atoms with van der Waals surface area (Å²) < 4.78 is 5.24. The summed E-state index contributed by atoms with van der Waals surface area (Å²) in [6.07, 6.45) is 5.32. The minimum Gasteiger partial charge on any atom is -0.481 e.